The van der Waals surface area contributed by atoms with E-state index in [4.69, 9.17) is 0 Å². The molecule has 3 aromatic rings. The zero-order valence-corrected chi connectivity index (χ0v) is 16.9. The second-order valence-electron chi connectivity index (χ2n) is 6.95. The molecule has 7 heteroatoms. The summed E-state index contributed by atoms with van der Waals surface area (Å²) >= 11 is 3.25. The summed E-state index contributed by atoms with van der Waals surface area (Å²) in [4.78, 5) is 12.7. The Morgan fingerprint density at radius 3 is 2.66 bits per heavy atom. The largest absolute Gasteiger partial charge is 0.411 e. The van der Waals surface area contributed by atoms with Crippen LogP contribution in [0, 0.1) is 11.6 Å². The summed E-state index contributed by atoms with van der Waals surface area (Å²) in [6.45, 7) is 0. The summed E-state index contributed by atoms with van der Waals surface area (Å²) in [5, 5.41) is 12.9. The van der Waals surface area contributed by atoms with Crippen molar-refractivity contribution in [1.29, 1.82) is 0 Å². The summed E-state index contributed by atoms with van der Waals surface area (Å²) in [6, 6.07) is 13.6. The van der Waals surface area contributed by atoms with Gasteiger partial charge < -0.3 is 9.77 Å². The predicted molar refractivity (Wildman–Crippen MR) is 110 cm³/mol. The minimum atomic E-state index is -0.606. The summed E-state index contributed by atoms with van der Waals surface area (Å²) in [5.74, 6) is -0.926. The van der Waals surface area contributed by atoms with Gasteiger partial charge in [0.05, 0.1) is 16.2 Å². The van der Waals surface area contributed by atoms with Crippen LogP contribution in [-0.4, -0.2) is 15.5 Å². The van der Waals surface area contributed by atoms with Crippen LogP contribution in [0.25, 0.3) is 11.1 Å². The fraction of sp³-hybridized carbons (Fsp3) is 0.182. The fourth-order valence-electron chi connectivity index (χ4n) is 3.83. The molecule has 1 aliphatic rings. The van der Waals surface area contributed by atoms with Gasteiger partial charge in [0.15, 0.2) is 0 Å². The van der Waals surface area contributed by atoms with Crippen LogP contribution in [0.15, 0.2) is 69.0 Å². The maximum Gasteiger partial charge on any atom is 0.265 e. The third kappa shape index (κ3) is 3.62. The van der Waals surface area contributed by atoms with Gasteiger partial charge in [0, 0.05) is 17.7 Å². The predicted octanol–water partition coefficient (Wildman–Crippen LogP) is 5.12. The first kappa shape index (κ1) is 19.5. The van der Waals surface area contributed by atoms with E-state index in [1.807, 2.05) is 6.07 Å². The second kappa shape index (κ2) is 7.91. The fourth-order valence-corrected chi connectivity index (χ4v) is 4.16. The van der Waals surface area contributed by atoms with Crippen LogP contribution in [0.1, 0.15) is 23.7 Å². The van der Waals surface area contributed by atoms with Gasteiger partial charge in [-0.25, -0.2) is 8.78 Å². The molecular weight excluding hydrogens is 442 g/mol. The first-order chi connectivity index (χ1) is 14.0. The Kier molecular flexibility index (Phi) is 5.32. The highest BCUT2D eigenvalue weighted by Gasteiger charge is 2.29. The third-order valence-electron chi connectivity index (χ3n) is 5.24. The number of hydrogen-bond donors (Lipinski definition) is 1. The van der Waals surface area contributed by atoms with Gasteiger partial charge in [0.2, 0.25) is 0 Å². The zero-order valence-electron chi connectivity index (χ0n) is 15.3. The molecule has 1 aliphatic heterocycles. The van der Waals surface area contributed by atoms with Crippen molar-refractivity contribution in [2.24, 2.45) is 5.16 Å². The van der Waals surface area contributed by atoms with Crippen LogP contribution in [0.2, 0.25) is 0 Å². The molecule has 0 bridgehead atoms. The number of nitrogens with zero attached hydrogens (tertiary/aromatic N) is 2. The minimum absolute atomic E-state index is 0.137. The van der Waals surface area contributed by atoms with E-state index in [-0.39, 0.29) is 17.5 Å². The average Bonchev–Trinajstić information content (AvgIpc) is 2.72. The summed E-state index contributed by atoms with van der Waals surface area (Å²) in [6.07, 6.45) is 1.18. The van der Waals surface area contributed by atoms with Crippen molar-refractivity contribution in [2.45, 2.75) is 25.3 Å². The monoisotopic (exact) mass is 458 g/mol. The molecule has 0 fully saturated rings. The van der Waals surface area contributed by atoms with E-state index in [1.165, 1.54) is 18.2 Å². The van der Waals surface area contributed by atoms with E-state index in [2.05, 4.69) is 21.1 Å². The maximum atomic E-state index is 15.3. The lowest BCUT2D eigenvalue weighted by molar-refractivity contribution is 0.310. The van der Waals surface area contributed by atoms with E-state index in [9.17, 15) is 14.4 Å². The number of hydrogen-bond acceptors (Lipinski definition) is 3. The number of aryl methyl sites for hydroxylation is 1. The lowest BCUT2D eigenvalue weighted by Gasteiger charge is -2.29. The van der Waals surface area contributed by atoms with Gasteiger partial charge in [0.1, 0.15) is 11.6 Å². The normalized spacial score (nSPS) is 17.3. The molecule has 148 valence electrons. The highest BCUT2D eigenvalue weighted by atomic mass is 79.9. The van der Waals surface area contributed by atoms with Gasteiger partial charge in [-0.3, -0.25) is 4.79 Å². The quantitative estimate of drug-likeness (QED) is 0.437. The number of pyridine rings is 1. The lowest BCUT2D eigenvalue weighted by Crippen LogP contribution is -2.38. The molecule has 2 heterocycles. The van der Waals surface area contributed by atoms with Crippen LogP contribution in [0.5, 0.6) is 0 Å². The average molecular weight is 459 g/mol. The maximum absolute atomic E-state index is 15.3. The molecule has 0 radical (unpaired) electrons. The van der Waals surface area contributed by atoms with E-state index >= 15 is 4.39 Å². The van der Waals surface area contributed by atoms with Crippen molar-refractivity contribution in [2.75, 3.05) is 0 Å². The molecule has 0 spiro atoms. The Bertz CT molecular complexity index is 1170. The van der Waals surface area contributed by atoms with E-state index in [0.29, 0.717) is 34.2 Å². The van der Waals surface area contributed by atoms with Gasteiger partial charge >= 0.3 is 0 Å². The summed E-state index contributed by atoms with van der Waals surface area (Å²) in [7, 11) is 0. The number of halogens is 3. The molecule has 2 aromatic carbocycles. The standard InChI is InChI=1S/C22H17BrF2N2O2/c23-18-9-7-16-8-10-19(26-29)20(27(16)22(18)28)12-14-4-2-6-17(21(14)25)13-3-1-5-15(24)11-13/h1-7,9,11,20,29H,8,10,12H2. The minimum Gasteiger partial charge on any atom is -0.411 e. The number of aromatic nitrogens is 1. The van der Waals surface area contributed by atoms with Crippen molar-refractivity contribution in [3.05, 3.63) is 92.3 Å². The van der Waals surface area contributed by atoms with Crippen molar-refractivity contribution in [3.8, 4) is 11.1 Å². The van der Waals surface area contributed by atoms with Crippen molar-refractivity contribution in [3.63, 3.8) is 0 Å². The van der Waals surface area contributed by atoms with Crippen LogP contribution in [0.3, 0.4) is 0 Å². The number of benzene rings is 2. The molecule has 0 saturated carbocycles. The van der Waals surface area contributed by atoms with E-state index in [0.717, 1.165) is 5.69 Å². The second-order valence-corrected chi connectivity index (χ2v) is 7.80. The zero-order chi connectivity index (χ0) is 20.5. The first-order valence-corrected chi connectivity index (χ1v) is 9.93. The van der Waals surface area contributed by atoms with Gasteiger partial charge in [0.25, 0.3) is 5.56 Å². The van der Waals surface area contributed by atoms with Gasteiger partial charge in [-0.1, -0.05) is 35.5 Å². The molecule has 1 atom stereocenters. The Morgan fingerprint density at radius 1 is 1.10 bits per heavy atom. The van der Waals surface area contributed by atoms with Crippen LogP contribution in [0.4, 0.5) is 8.78 Å². The number of oxime groups is 1. The van der Waals surface area contributed by atoms with E-state index in [1.54, 1.807) is 34.9 Å². The topological polar surface area (TPSA) is 54.6 Å². The Morgan fingerprint density at radius 2 is 1.90 bits per heavy atom. The number of fused-ring (bicyclic) bond motifs is 1. The molecule has 0 aliphatic carbocycles. The summed E-state index contributed by atoms with van der Waals surface area (Å²) in [5.41, 5.74) is 2.05. The highest BCUT2D eigenvalue weighted by Crippen LogP contribution is 2.30. The molecule has 1 unspecified atom stereocenters. The molecule has 1 N–H and O–H groups in total. The molecular formula is C22H17BrF2N2O2. The van der Waals surface area contributed by atoms with Crippen LogP contribution in [-0.2, 0) is 12.8 Å². The van der Waals surface area contributed by atoms with E-state index < -0.39 is 17.7 Å². The van der Waals surface area contributed by atoms with Gasteiger partial charge in [-0.15, -0.1) is 0 Å². The molecule has 4 nitrogen and oxygen atoms in total. The number of rotatable bonds is 3. The highest BCUT2D eigenvalue weighted by molar-refractivity contribution is 9.10. The SMILES string of the molecule is O=c1c(Br)ccc2n1C(Cc1cccc(-c3cccc(F)c3)c1F)C(=NO)CC2. The lowest BCUT2D eigenvalue weighted by atomic mass is 9.92. The summed E-state index contributed by atoms with van der Waals surface area (Å²) < 4.78 is 30.8. The molecule has 4 rings (SSSR count). The van der Waals surface area contributed by atoms with Crippen molar-refractivity contribution in [1.82, 2.24) is 4.57 Å². The molecule has 1 aromatic heterocycles. The van der Waals surface area contributed by atoms with Crippen LogP contribution < -0.4 is 5.56 Å². The van der Waals surface area contributed by atoms with Crippen molar-refractivity contribution >= 4 is 21.6 Å². The molecule has 0 amide bonds. The Hall–Kier alpha value is -2.80. The van der Waals surface area contributed by atoms with Crippen molar-refractivity contribution < 1.29 is 14.0 Å². The molecule has 29 heavy (non-hydrogen) atoms. The first-order valence-electron chi connectivity index (χ1n) is 9.13. The Balaban J connectivity index is 1.80. The van der Waals surface area contributed by atoms with Gasteiger partial charge in [-0.2, -0.15) is 0 Å². The Labute approximate surface area is 174 Å². The third-order valence-corrected chi connectivity index (χ3v) is 5.85. The molecule has 0 saturated heterocycles. The van der Waals surface area contributed by atoms with Crippen LogP contribution >= 0.6 is 15.9 Å². The smallest absolute Gasteiger partial charge is 0.265 e. The van der Waals surface area contributed by atoms with Gasteiger partial charge in [-0.05, 0) is 64.2 Å².